The summed E-state index contributed by atoms with van der Waals surface area (Å²) in [6.07, 6.45) is 4.55. The lowest BCUT2D eigenvalue weighted by atomic mass is 10.1. The van der Waals surface area contributed by atoms with Crippen LogP contribution in [-0.4, -0.2) is 39.8 Å². The van der Waals surface area contributed by atoms with E-state index in [1.165, 1.54) is 0 Å². The van der Waals surface area contributed by atoms with Crippen LogP contribution in [0.15, 0.2) is 42.7 Å². The van der Waals surface area contributed by atoms with Crippen molar-refractivity contribution < 1.29 is 19.4 Å². The van der Waals surface area contributed by atoms with Crippen LogP contribution in [-0.2, 0) is 26.1 Å². The molecule has 2 heterocycles. The number of carbonyl (C=O) groups is 1. The van der Waals surface area contributed by atoms with Crippen LogP contribution >= 0.6 is 0 Å². The van der Waals surface area contributed by atoms with Crippen molar-refractivity contribution in [2.75, 3.05) is 14.2 Å². The maximum Gasteiger partial charge on any atom is 0.335 e. The fourth-order valence-corrected chi connectivity index (χ4v) is 3.25. The first kappa shape index (κ1) is 21.3. The molecule has 8 heteroatoms. The minimum atomic E-state index is -0.951. The topological polar surface area (TPSA) is 98.5 Å². The van der Waals surface area contributed by atoms with Gasteiger partial charge in [-0.05, 0) is 43.2 Å². The maximum absolute atomic E-state index is 11.2. The molecule has 0 aliphatic heterocycles. The number of benzene rings is 1. The smallest absolute Gasteiger partial charge is 0.335 e. The lowest BCUT2D eigenvalue weighted by molar-refractivity contribution is 0.0696. The van der Waals surface area contributed by atoms with Crippen molar-refractivity contribution in [1.82, 2.24) is 19.9 Å². The van der Waals surface area contributed by atoms with E-state index >= 15 is 0 Å². The van der Waals surface area contributed by atoms with Gasteiger partial charge in [-0.15, -0.1) is 0 Å². The Labute approximate surface area is 175 Å². The van der Waals surface area contributed by atoms with Crippen LogP contribution in [0.25, 0.3) is 0 Å². The molecular weight excluding hydrogens is 384 g/mol. The average Bonchev–Trinajstić information content (AvgIpc) is 3.18. The summed E-state index contributed by atoms with van der Waals surface area (Å²) >= 11 is 0. The van der Waals surface area contributed by atoms with Crippen LogP contribution in [0.5, 0.6) is 11.5 Å². The van der Waals surface area contributed by atoms with E-state index in [9.17, 15) is 9.90 Å². The minimum absolute atomic E-state index is 0.246. The van der Waals surface area contributed by atoms with Crippen LogP contribution in [0.3, 0.4) is 0 Å². The predicted octanol–water partition coefficient (Wildman–Crippen LogP) is 2.83. The van der Waals surface area contributed by atoms with E-state index < -0.39 is 5.97 Å². The largest absolute Gasteiger partial charge is 0.493 e. The molecule has 158 valence electrons. The third-order valence-corrected chi connectivity index (χ3v) is 4.73. The number of imidazole rings is 1. The van der Waals surface area contributed by atoms with Crippen LogP contribution in [0, 0.1) is 6.92 Å². The van der Waals surface area contributed by atoms with Gasteiger partial charge in [-0.25, -0.2) is 9.78 Å². The van der Waals surface area contributed by atoms with E-state index in [0.717, 1.165) is 24.4 Å². The number of hydrogen-bond acceptors (Lipinski definition) is 6. The van der Waals surface area contributed by atoms with Crippen molar-refractivity contribution in [3.8, 4) is 11.5 Å². The van der Waals surface area contributed by atoms with Crippen molar-refractivity contribution in [1.29, 1.82) is 0 Å². The molecule has 0 aliphatic rings. The van der Waals surface area contributed by atoms with Gasteiger partial charge in [0.25, 0.3) is 0 Å². The molecule has 0 radical (unpaired) electrons. The number of hydrogen-bond donors (Lipinski definition) is 2. The van der Waals surface area contributed by atoms with Gasteiger partial charge in [-0.3, -0.25) is 4.98 Å². The Morgan fingerprint density at radius 1 is 1.13 bits per heavy atom. The van der Waals surface area contributed by atoms with Crippen molar-refractivity contribution in [3.05, 3.63) is 71.1 Å². The number of nitrogens with zero attached hydrogens (tertiary/aromatic N) is 3. The maximum atomic E-state index is 11.2. The van der Waals surface area contributed by atoms with Crippen molar-refractivity contribution in [2.24, 2.45) is 0 Å². The minimum Gasteiger partial charge on any atom is -0.493 e. The quantitative estimate of drug-likeness (QED) is 0.530. The zero-order valence-corrected chi connectivity index (χ0v) is 17.4. The predicted molar refractivity (Wildman–Crippen MR) is 112 cm³/mol. The summed E-state index contributed by atoms with van der Waals surface area (Å²) in [5.41, 5.74) is 2.76. The van der Waals surface area contributed by atoms with Crippen LogP contribution in [0.4, 0.5) is 0 Å². The summed E-state index contributed by atoms with van der Waals surface area (Å²) in [7, 11) is 3.25. The Morgan fingerprint density at radius 3 is 2.67 bits per heavy atom. The number of carboxylic acids is 1. The van der Waals surface area contributed by atoms with E-state index in [0.29, 0.717) is 36.0 Å². The Kier molecular flexibility index (Phi) is 7.03. The first-order valence-corrected chi connectivity index (χ1v) is 9.62. The van der Waals surface area contributed by atoms with Gasteiger partial charge in [0.15, 0.2) is 11.5 Å². The first-order valence-electron chi connectivity index (χ1n) is 9.62. The van der Waals surface area contributed by atoms with E-state index in [2.05, 4.69) is 19.9 Å². The fourth-order valence-electron chi connectivity index (χ4n) is 3.25. The number of nitrogens with one attached hydrogen (secondary N) is 1. The molecule has 2 N–H and O–H groups in total. The van der Waals surface area contributed by atoms with Crippen LogP contribution in [0.1, 0.15) is 33.1 Å². The number of aromatic nitrogens is 3. The van der Waals surface area contributed by atoms with E-state index in [4.69, 9.17) is 9.47 Å². The molecule has 30 heavy (non-hydrogen) atoms. The van der Waals surface area contributed by atoms with Gasteiger partial charge in [0.1, 0.15) is 5.82 Å². The summed E-state index contributed by atoms with van der Waals surface area (Å²) in [6, 6.07) is 9.07. The molecule has 8 nitrogen and oxygen atoms in total. The number of methoxy groups -OCH3 is 2. The molecule has 0 amide bonds. The lowest BCUT2D eigenvalue weighted by Crippen LogP contribution is -2.18. The zero-order valence-electron chi connectivity index (χ0n) is 17.4. The molecular formula is C22H26N4O4. The first-order chi connectivity index (χ1) is 14.5. The molecule has 0 fully saturated rings. The molecule has 0 saturated carbocycles. The number of aryl methyl sites for hydroxylation is 3. The number of carboxylic acid groups (broad SMARTS) is 1. The Bertz CT molecular complexity index is 1020. The lowest BCUT2D eigenvalue weighted by Gasteiger charge is -2.12. The van der Waals surface area contributed by atoms with Crippen LogP contribution < -0.4 is 14.8 Å². The SMILES string of the molecule is COc1ccc(CCn2ccnc2CNCc2cc(C(=O)O)cc(C)n2)cc1OC. The highest BCUT2D eigenvalue weighted by molar-refractivity contribution is 5.87. The normalized spacial score (nSPS) is 10.8. The molecule has 3 rings (SSSR count). The molecule has 0 bridgehead atoms. The number of rotatable bonds is 10. The highest BCUT2D eigenvalue weighted by Crippen LogP contribution is 2.27. The van der Waals surface area contributed by atoms with Gasteiger partial charge in [-0.2, -0.15) is 0 Å². The van der Waals surface area contributed by atoms with Gasteiger partial charge >= 0.3 is 5.97 Å². The summed E-state index contributed by atoms with van der Waals surface area (Å²) in [5, 5.41) is 12.5. The molecule has 0 aliphatic carbocycles. The van der Waals surface area contributed by atoms with Gasteiger partial charge in [0, 0.05) is 31.2 Å². The van der Waals surface area contributed by atoms with Gasteiger partial charge in [-0.1, -0.05) is 6.07 Å². The molecule has 0 unspecified atom stereocenters. The molecule has 0 atom stereocenters. The second kappa shape index (κ2) is 9.89. The van der Waals surface area contributed by atoms with Gasteiger partial charge < -0.3 is 24.5 Å². The highest BCUT2D eigenvalue weighted by atomic mass is 16.5. The summed E-state index contributed by atoms with van der Waals surface area (Å²) in [4.78, 5) is 20.0. The molecule has 0 spiro atoms. The monoisotopic (exact) mass is 410 g/mol. The van der Waals surface area contributed by atoms with Gasteiger partial charge in [0.05, 0.1) is 32.0 Å². The molecule has 3 aromatic rings. The average molecular weight is 410 g/mol. The van der Waals surface area contributed by atoms with E-state index in [-0.39, 0.29) is 5.56 Å². The fraction of sp³-hybridized carbons (Fsp3) is 0.318. The summed E-state index contributed by atoms with van der Waals surface area (Å²) in [6.45, 7) is 3.58. The standard InChI is InChI=1S/C22H26N4O4/c1-15-10-17(22(27)28)12-18(25-15)13-23-14-21-24-7-9-26(21)8-6-16-4-5-19(29-2)20(11-16)30-3/h4-5,7,9-12,23H,6,8,13-14H2,1-3H3,(H,27,28). The van der Waals surface area contributed by atoms with E-state index in [1.54, 1.807) is 39.5 Å². The molecule has 2 aromatic heterocycles. The molecule has 1 aromatic carbocycles. The second-order valence-electron chi connectivity index (χ2n) is 6.87. The van der Waals surface area contributed by atoms with E-state index in [1.807, 2.05) is 24.4 Å². The summed E-state index contributed by atoms with van der Waals surface area (Å²) < 4.78 is 12.7. The zero-order chi connectivity index (χ0) is 21.5. The highest BCUT2D eigenvalue weighted by Gasteiger charge is 2.09. The third-order valence-electron chi connectivity index (χ3n) is 4.73. The Hall–Kier alpha value is -3.39. The van der Waals surface area contributed by atoms with Crippen LogP contribution in [0.2, 0.25) is 0 Å². The van der Waals surface area contributed by atoms with Crippen molar-refractivity contribution in [2.45, 2.75) is 33.0 Å². The second-order valence-corrected chi connectivity index (χ2v) is 6.87. The van der Waals surface area contributed by atoms with Gasteiger partial charge in [0.2, 0.25) is 0 Å². The molecule has 0 saturated heterocycles. The Balaban J connectivity index is 1.58. The number of pyridine rings is 1. The number of aromatic carboxylic acids is 1. The van der Waals surface area contributed by atoms with Crippen molar-refractivity contribution in [3.63, 3.8) is 0 Å². The Morgan fingerprint density at radius 2 is 1.93 bits per heavy atom. The van der Waals surface area contributed by atoms with Crippen molar-refractivity contribution >= 4 is 5.97 Å². The third kappa shape index (κ3) is 5.36. The summed E-state index contributed by atoms with van der Waals surface area (Å²) in [5.74, 6) is 1.38. The number of ether oxygens (including phenoxy) is 2.